The monoisotopic (exact) mass is 431 g/mol. The Morgan fingerprint density at radius 3 is 2.55 bits per heavy atom. The van der Waals surface area contributed by atoms with Gasteiger partial charge in [0, 0.05) is 6.54 Å². The molecule has 0 aliphatic rings. The first-order valence-corrected chi connectivity index (χ1v) is 9.36. The molecule has 0 atom stereocenters. The lowest BCUT2D eigenvalue weighted by Gasteiger charge is -2.13. The van der Waals surface area contributed by atoms with Crippen molar-refractivity contribution in [2.75, 3.05) is 32.6 Å². The first kappa shape index (κ1) is 22.2. The number of pyridine rings is 1. The van der Waals surface area contributed by atoms with Gasteiger partial charge in [0.15, 0.2) is 0 Å². The summed E-state index contributed by atoms with van der Waals surface area (Å²) in [6.45, 7) is 1.17. The average molecular weight is 431 g/mol. The summed E-state index contributed by atoms with van der Waals surface area (Å²) in [5, 5.41) is 2.53. The number of amides is 1. The van der Waals surface area contributed by atoms with Crippen LogP contribution in [0.25, 0.3) is 11.3 Å². The third-order valence-corrected chi connectivity index (χ3v) is 4.19. The fraction of sp³-hybridized carbons (Fsp3) is 0.238. The Morgan fingerprint density at radius 1 is 1.10 bits per heavy atom. The molecule has 1 amide bonds. The maximum Gasteiger partial charge on any atom is 0.274 e. The second-order valence-corrected chi connectivity index (χ2v) is 6.82. The van der Waals surface area contributed by atoms with E-state index in [2.05, 4.69) is 20.3 Å². The Balaban J connectivity index is 1.81. The van der Waals surface area contributed by atoms with E-state index in [0.717, 1.165) is 43.3 Å². The second-order valence-electron chi connectivity index (χ2n) is 6.82. The van der Waals surface area contributed by atoms with E-state index in [-0.39, 0.29) is 17.3 Å². The second kappa shape index (κ2) is 9.98. The summed E-state index contributed by atoms with van der Waals surface area (Å²) >= 11 is 0. The zero-order valence-corrected chi connectivity index (χ0v) is 16.9. The number of benzene rings is 1. The van der Waals surface area contributed by atoms with Crippen molar-refractivity contribution in [1.29, 1.82) is 0 Å². The summed E-state index contributed by atoms with van der Waals surface area (Å²) in [5.74, 6) is -3.54. The number of nitrogens with one attached hydrogen (secondary N) is 1. The summed E-state index contributed by atoms with van der Waals surface area (Å²) in [4.78, 5) is 26.3. The Morgan fingerprint density at radius 2 is 1.84 bits per heavy atom. The van der Waals surface area contributed by atoms with Gasteiger partial charge in [-0.1, -0.05) is 6.07 Å². The van der Waals surface area contributed by atoms with Crippen molar-refractivity contribution in [3.8, 4) is 17.1 Å². The zero-order valence-electron chi connectivity index (χ0n) is 16.9. The minimum atomic E-state index is -0.992. The number of anilines is 1. The molecule has 3 rings (SSSR count). The van der Waals surface area contributed by atoms with Crippen LogP contribution in [-0.2, 0) is 0 Å². The molecular formula is C21H20F3N5O2. The van der Waals surface area contributed by atoms with Crippen LogP contribution in [0.2, 0.25) is 0 Å². The van der Waals surface area contributed by atoms with Crippen LogP contribution >= 0.6 is 0 Å². The number of carbonyl (C=O) groups excluding carboxylic acids is 1. The molecule has 1 aromatic carbocycles. The van der Waals surface area contributed by atoms with Gasteiger partial charge in [-0.3, -0.25) is 4.79 Å². The van der Waals surface area contributed by atoms with Gasteiger partial charge in [0.25, 0.3) is 5.91 Å². The first-order valence-electron chi connectivity index (χ1n) is 9.36. The highest BCUT2D eigenvalue weighted by atomic mass is 19.1. The van der Waals surface area contributed by atoms with Gasteiger partial charge in [0.05, 0.1) is 18.4 Å². The minimum Gasteiger partial charge on any atom is -0.476 e. The zero-order chi connectivity index (χ0) is 22.4. The van der Waals surface area contributed by atoms with Crippen LogP contribution in [-0.4, -0.2) is 53.0 Å². The molecule has 3 aromatic rings. The molecule has 7 nitrogen and oxygen atoms in total. The van der Waals surface area contributed by atoms with Crippen molar-refractivity contribution >= 4 is 11.6 Å². The summed E-state index contributed by atoms with van der Waals surface area (Å²) in [5.41, 5.74) is -1.32. The quantitative estimate of drug-likeness (QED) is 0.550. The summed E-state index contributed by atoms with van der Waals surface area (Å²) in [6, 6.07) is 5.14. The van der Waals surface area contributed by atoms with E-state index >= 15 is 0 Å². The highest BCUT2D eigenvalue weighted by molar-refractivity contribution is 6.03. The van der Waals surface area contributed by atoms with Crippen LogP contribution < -0.4 is 10.1 Å². The van der Waals surface area contributed by atoms with Gasteiger partial charge in [-0.15, -0.1) is 0 Å². The molecule has 31 heavy (non-hydrogen) atoms. The lowest BCUT2D eigenvalue weighted by Crippen LogP contribution is -2.18. The van der Waals surface area contributed by atoms with Crippen molar-refractivity contribution in [3.63, 3.8) is 0 Å². The number of nitrogens with zero attached hydrogens (tertiary/aromatic N) is 4. The van der Waals surface area contributed by atoms with Crippen LogP contribution in [0.5, 0.6) is 5.88 Å². The predicted molar refractivity (Wildman–Crippen MR) is 108 cm³/mol. The maximum atomic E-state index is 14.2. The van der Waals surface area contributed by atoms with E-state index < -0.39 is 34.6 Å². The molecule has 0 spiro atoms. The first-order chi connectivity index (χ1) is 14.9. The van der Waals surface area contributed by atoms with E-state index in [1.54, 1.807) is 0 Å². The Hall–Kier alpha value is -3.53. The number of carbonyl (C=O) groups is 1. The van der Waals surface area contributed by atoms with Crippen LogP contribution in [0.3, 0.4) is 0 Å². The molecule has 0 aliphatic carbocycles. The van der Waals surface area contributed by atoms with Crippen molar-refractivity contribution in [1.82, 2.24) is 19.9 Å². The number of hydrogen-bond acceptors (Lipinski definition) is 6. The van der Waals surface area contributed by atoms with Crippen LogP contribution in [0.15, 0.2) is 42.9 Å². The Bertz CT molecular complexity index is 1060. The number of aromatic nitrogens is 3. The van der Waals surface area contributed by atoms with Crippen molar-refractivity contribution in [2.24, 2.45) is 0 Å². The normalized spacial score (nSPS) is 10.9. The van der Waals surface area contributed by atoms with Gasteiger partial charge >= 0.3 is 0 Å². The van der Waals surface area contributed by atoms with E-state index in [1.807, 2.05) is 19.0 Å². The van der Waals surface area contributed by atoms with Crippen molar-refractivity contribution < 1.29 is 22.7 Å². The van der Waals surface area contributed by atoms with E-state index in [4.69, 9.17) is 4.74 Å². The fourth-order valence-corrected chi connectivity index (χ4v) is 2.72. The van der Waals surface area contributed by atoms with Gasteiger partial charge in [0.1, 0.15) is 40.9 Å². The van der Waals surface area contributed by atoms with Gasteiger partial charge in [-0.25, -0.2) is 23.1 Å². The molecule has 0 unspecified atom stereocenters. The lowest BCUT2D eigenvalue weighted by molar-refractivity contribution is 0.102. The van der Waals surface area contributed by atoms with Crippen LogP contribution in [0.1, 0.15) is 16.9 Å². The minimum absolute atomic E-state index is 0.157. The fourth-order valence-electron chi connectivity index (χ4n) is 2.72. The highest BCUT2D eigenvalue weighted by Gasteiger charge is 2.20. The van der Waals surface area contributed by atoms with Gasteiger partial charge < -0.3 is 15.0 Å². The van der Waals surface area contributed by atoms with Gasteiger partial charge in [-0.05, 0) is 44.8 Å². The van der Waals surface area contributed by atoms with Crippen molar-refractivity contribution in [2.45, 2.75) is 6.42 Å². The third kappa shape index (κ3) is 5.54. The van der Waals surface area contributed by atoms with Gasteiger partial charge in [0.2, 0.25) is 5.88 Å². The van der Waals surface area contributed by atoms with Gasteiger partial charge in [-0.2, -0.15) is 4.98 Å². The third-order valence-electron chi connectivity index (χ3n) is 4.19. The Kier molecular flexibility index (Phi) is 7.14. The largest absolute Gasteiger partial charge is 0.476 e. The molecule has 0 saturated heterocycles. The lowest BCUT2D eigenvalue weighted by atomic mass is 10.1. The summed E-state index contributed by atoms with van der Waals surface area (Å²) in [7, 11) is 3.88. The molecule has 2 heterocycles. The smallest absolute Gasteiger partial charge is 0.274 e. The highest BCUT2D eigenvalue weighted by Crippen LogP contribution is 2.27. The standard InChI is InChI=1S/C21H20F3N5O2/c1-29(2)9-4-10-31-21-17(11-25-12-26-21)28-20(30)16-8-7-15(24)19(27-16)18-13(22)5-3-6-14(18)23/h3,5-8,11-12H,4,9-10H2,1-2H3,(H,28,30). The summed E-state index contributed by atoms with van der Waals surface area (Å²) in [6.07, 6.45) is 3.35. The van der Waals surface area contributed by atoms with Crippen molar-refractivity contribution in [3.05, 3.63) is 66.0 Å². The number of rotatable bonds is 8. The Labute approximate surface area is 176 Å². The molecule has 0 bridgehead atoms. The number of ether oxygens (including phenoxy) is 1. The maximum absolute atomic E-state index is 14.2. The van der Waals surface area contributed by atoms with E-state index in [9.17, 15) is 18.0 Å². The predicted octanol–water partition coefficient (Wildman–Crippen LogP) is 3.54. The van der Waals surface area contributed by atoms with E-state index in [1.165, 1.54) is 12.5 Å². The molecule has 0 saturated carbocycles. The SMILES string of the molecule is CN(C)CCCOc1ncncc1NC(=O)c1ccc(F)c(-c2c(F)cccc2F)n1. The molecule has 10 heteroatoms. The molecule has 162 valence electrons. The van der Waals surface area contributed by atoms with Crippen LogP contribution in [0.4, 0.5) is 18.9 Å². The summed E-state index contributed by atoms with van der Waals surface area (Å²) < 4.78 is 48.0. The molecular weight excluding hydrogens is 411 g/mol. The topological polar surface area (TPSA) is 80.2 Å². The molecule has 0 radical (unpaired) electrons. The average Bonchev–Trinajstić information content (AvgIpc) is 2.73. The van der Waals surface area contributed by atoms with Crippen LogP contribution in [0, 0.1) is 17.5 Å². The molecule has 0 fully saturated rings. The van der Waals surface area contributed by atoms with E-state index in [0.29, 0.717) is 6.61 Å². The molecule has 0 aliphatic heterocycles. The number of hydrogen-bond donors (Lipinski definition) is 1. The molecule has 1 N–H and O–H groups in total. The number of halogens is 3. The molecule has 2 aromatic heterocycles.